The summed E-state index contributed by atoms with van der Waals surface area (Å²) in [4.78, 5) is 32.7. The summed E-state index contributed by atoms with van der Waals surface area (Å²) in [6.45, 7) is 0.263. The summed E-state index contributed by atoms with van der Waals surface area (Å²) < 4.78 is 71.6. The number of aromatic nitrogens is 7. The second-order valence-electron chi connectivity index (χ2n) is 10.7. The van der Waals surface area contributed by atoms with Crippen molar-refractivity contribution in [3.63, 3.8) is 0 Å². The number of carbonyl (C=O) groups is 2. The fourth-order valence-corrected chi connectivity index (χ4v) is 4.54. The van der Waals surface area contributed by atoms with E-state index in [-0.39, 0.29) is 48.9 Å². The Balaban J connectivity index is 0.998. The smallest absolute Gasteiger partial charge is 0.416 e. The number of anilines is 1. The largest absolute Gasteiger partial charge is 0.488 e. The van der Waals surface area contributed by atoms with Crippen LogP contribution in [0.1, 0.15) is 58.7 Å². The highest BCUT2D eigenvalue weighted by Gasteiger charge is 2.47. The number of unbranched alkanes of at least 4 members (excludes halogenated alkanes) is 1. The molecule has 4 aromatic heterocycles. The van der Waals surface area contributed by atoms with Gasteiger partial charge in [0.2, 0.25) is 5.91 Å². The third-order valence-electron chi connectivity index (χ3n) is 6.89. The van der Waals surface area contributed by atoms with Crippen molar-refractivity contribution in [1.29, 1.82) is 0 Å². The summed E-state index contributed by atoms with van der Waals surface area (Å²) in [5.74, 6) is -3.05. The molecule has 2 amide bonds. The van der Waals surface area contributed by atoms with Gasteiger partial charge in [-0.15, -0.1) is 10.2 Å². The zero-order valence-electron chi connectivity index (χ0n) is 24.2. The van der Waals surface area contributed by atoms with E-state index in [4.69, 9.17) is 4.74 Å². The third kappa shape index (κ3) is 9.21. The molecule has 0 atom stereocenters. The highest BCUT2D eigenvalue weighted by Crippen LogP contribution is 2.39. The Morgan fingerprint density at radius 3 is 2.59 bits per heavy atom. The number of ether oxygens (including phenoxy) is 1. The van der Waals surface area contributed by atoms with E-state index in [0.29, 0.717) is 42.8 Å². The Morgan fingerprint density at radius 2 is 1.85 bits per heavy atom. The fourth-order valence-electron chi connectivity index (χ4n) is 4.54. The SMILES string of the molecule is O=C(Cc1cncc(OC2CC(F)(F)C2)c1)Nc1ccc(CCCCn2cc(C(=O)NCc3cc(C(F)(F)F)ccn3)nn2)nn1. The first-order valence-electron chi connectivity index (χ1n) is 14.2. The lowest BCUT2D eigenvalue weighted by atomic mass is 9.91. The minimum Gasteiger partial charge on any atom is -0.488 e. The maximum atomic E-state index is 13.0. The maximum absolute atomic E-state index is 13.0. The van der Waals surface area contributed by atoms with Gasteiger partial charge in [0.1, 0.15) is 11.9 Å². The molecule has 242 valence electrons. The predicted molar refractivity (Wildman–Crippen MR) is 151 cm³/mol. The van der Waals surface area contributed by atoms with E-state index in [1.807, 2.05) is 0 Å². The first-order valence-corrected chi connectivity index (χ1v) is 14.2. The Labute approximate surface area is 258 Å². The monoisotopic (exact) mass is 645 g/mol. The van der Waals surface area contributed by atoms with Gasteiger partial charge in [0.05, 0.1) is 42.3 Å². The summed E-state index contributed by atoms with van der Waals surface area (Å²) in [6, 6.07) is 6.69. The van der Waals surface area contributed by atoms with Crippen molar-refractivity contribution in [3.05, 3.63) is 83.3 Å². The average molecular weight is 646 g/mol. The van der Waals surface area contributed by atoms with Crippen LogP contribution in [0.4, 0.5) is 27.8 Å². The van der Waals surface area contributed by atoms with E-state index in [0.717, 1.165) is 18.3 Å². The highest BCUT2D eigenvalue weighted by atomic mass is 19.4. The molecule has 4 heterocycles. The van der Waals surface area contributed by atoms with E-state index in [1.165, 1.54) is 23.3 Å². The molecule has 2 N–H and O–H groups in total. The van der Waals surface area contributed by atoms with Gasteiger partial charge >= 0.3 is 6.18 Å². The minimum atomic E-state index is -4.51. The van der Waals surface area contributed by atoms with Crippen molar-refractivity contribution in [1.82, 2.24) is 40.5 Å². The summed E-state index contributed by atoms with van der Waals surface area (Å²) in [5, 5.41) is 21.1. The van der Waals surface area contributed by atoms with E-state index < -0.39 is 29.7 Å². The van der Waals surface area contributed by atoms with Crippen LogP contribution < -0.4 is 15.4 Å². The normalized spacial score (nSPS) is 14.4. The number of hydrogen-bond donors (Lipinski definition) is 2. The number of pyridine rings is 2. The molecule has 12 nitrogen and oxygen atoms in total. The number of rotatable bonds is 13. The topological polar surface area (TPSA) is 150 Å². The molecule has 1 aliphatic carbocycles. The van der Waals surface area contributed by atoms with Crippen molar-refractivity contribution >= 4 is 17.6 Å². The van der Waals surface area contributed by atoms with Crippen LogP contribution in [0, 0.1) is 0 Å². The molecule has 46 heavy (non-hydrogen) atoms. The molecule has 0 unspecified atom stereocenters. The van der Waals surface area contributed by atoms with Gasteiger partial charge in [0, 0.05) is 31.8 Å². The van der Waals surface area contributed by atoms with Gasteiger partial charge in [-0.3, -0.25) is 24.2 Å². The van der Waals surface area contributed by atoms with Crippen molar-refractivity contribution in [3.8, 4) is 5.75 Å². The molecule has 0 spiro atoms. The fraction of sp³-hybridized carbons (Fsp3) is 0.379. The van der Waals surface area contributed by atoms with Crippen LogP contribution >= 0.6 is 0 Å². The van der Waals surface area contributed by atoms with Gasteiger partial charge in [-0.05, 0) is 55.2 Å². The lowest BCUT2D eigenvalue weighted by Gasteiger charge is -2.34. The molecular weight excluding hydrogens is 617 g/mol. The molecule has 5 rings (SSSR count). The van der Waals surface area contributed by atoms with Gasteiger partial charge in [0.15, 0.2) is 11.5 Å². The number of amides is 2. The third-order valence-corrected chi connectivity index (χ3v) is 6.89. The molecular formula is C29H28F5N9O3. The summed E-state index contributed by atoms with van der Waals surface area (Å²) in [5.41, 5.74) is 0.486. The minimum absolute atomic E-state index is 0.0207. The molecule has 4 aromatic rings. The second kappa shape index (κ2) is 13.9. The van der Waals surface area contributed by atoms with Crippen LogP contribution in [-0.4, -0.2) is 59.0 Å². The van der Waals surface area contributed by atoms with E-state index >= 15 is 0 Å². The van der Waals surface area contributed by atoms with Crippen molar-refractivity contribution < 1.29 is 36.3 Å². The zero-order valence-corrected chi connectivity index (χ0v) is 24.2. The number of nitrogens with zero attached hydrogens (tertiary/aromatic N) is 7. The standard InChI is InChI=1S/C29H28F5N9O3/c30-28(31)12-23(13-28)46-22-9-18(14-35-16-22)10-26(44)38-25-5-4-20(39-41-25)3-1-2-8-43-17-24(40-42-43)27(45)37-15-21-11-19(6-7-36-21)29(32,33)34/h4-7,9,11,14,16-17,23H,1-3,8,10,12-13,15H2,(H,37,45)(H,38,41,44). The summed E-state index contributed by atoms with van der Waals surface area (Å²) in [6.07, 6.45) is 1.60. The van der Waals surface area contributed by atoms with Crippen LogP contribution in [-0.2, 0) is 36.9 Å². The molecule has 0 saturated heterocycles. The van der Waals surface area contributed by atoms with Crippen molar-refractivity contribution in [2.24, 2.45) is 0 Å². The number of aryl methyl sites for hydroxylation is 2. The van der Waals surface area contributed by atoms with Gasteiger partial charge in [-0.25, -0.2) is 8.78 Å². The number of nitrogens with one attached hydrogen (secondary N) is 2. The molecule has 1 fully saturated rings. The van der Waals surface area contributed by atoms with Crippen LogP contribution in [0.2, 0.25) is 0 Å². The van der Waals surface area contributed by atoms with Gasteiger partial charge in [-0.1, -0.05) is 5.21 Å². The molecule has 0 aromatic carbocycles. The quantitative estimate of drug-likeness (QED) is 0.161. The Kier molecular flexibility index (Phi) is 9.77. The first kappa shape index (κ1) is 32.3. The molecule has 17 heteroatoms. The van der Waals surface area contributed by atoms with Crippen LogP contribution in [0.15, 0.2) is 55.1 Å². The summed E-state index contributed by atoms with van der Waals surface area (Å²) in [7, 11) is 0. The van der Waals surface area contributed by atoms with Gasteiger partial charge < -0.3 is 15.4 Å². The van der Waals surface area contributed by atoms with E-state index in [9.17, 15) is 31.5 Å². The van der Waals surface area contributed by atoms with E-state index in [2.05, 4.69) is 41.1 Å². The number of halogens is 5. The second-order valence-corrected chi connectivity index (χ2v) is 10.7. The Hall–Kier alpha value is -5.09. The van der Waals surface area contributed by atoms with Crippen LogP contribution in [0.25, 0.3) is 0 Å². The number of alkyl halides is 5. The lowest BCUT2D eigenvalue weighted by molar-refractivity contribution is -0.137. The summed E-state index contributed by atoms with van der Waals surface area (Å²) >= 11 is 0. The number of hydrogen-bond acceptors (Lipinski definition) is 9. The average Bonchev–Trinajstić information content (AvgIpc) is 3.47. The van der Waals surface area contributed by atoms with Gasteiger partial charge in [0.25, 0.3) is 11.8 Å². The maximum Gasteiger partial charge on any atom is 0.416 e. The Morgan fingerprint density at radius 1 is 1.02 bits per heavy atom. The zero-order chi connectivity index (χ0) is 32.7. The molecule has 0 aliphatic heterocycles. The van der Waals surface area contributed by atoms with Gasteiger partial charge in [-0.2, -0.15) is 18.3 Å². The van der Waals surface area contributed by atoms with Crippen LogP contribution in [0.3, 0.4) is 0 Å². The molecule has 1 saturated carbocycles. The van der Waals surface area contributed by atoms with Crippen molar-refractivity contribution in [2.45, 2.75) is 69.8 Å². The lowest BCUT2D eigenvalue weighted by Crippen LogP contribution is -2.43. The first-order chi connectivity index (χ1) is 21.9. The number of carbonyl (C=O) groups excluding carboxylic acids is 2. The molecule has 0 radical (unpaired) electrons. The van der Waals surface area contributed by atoms with E-state index in [1.54, 1.807) is 18.2 Å². The highest BCUT2D eigenvalue weighted by molar-refractivity contribution is 5.92. The molecule has 0 bridgehead atoms. The Bertz CT molecular complexity index is 1660. The van der Waals surface area contributed by atoms with Crippen LogP contribution in [0.5, 0.6) is 5.75 Å². The molecule has 1 aliphatic rings. The van der Waals surface area contributed by atoms with Crippen molar-refractivity contribution in [2.75, 3.05) is 5.32 Å². The predicted octanol–water partition coefficient (Wildman–Crippen LogP) is 4.19.